The van der Waals surface area contributed by atoms with Crippen molar-refractivity contribution in [2.45, 2.75) is 16.1 Å². The molecule has 258 valence electrons. The van der Waals surface area contributed by atoms with Crippen LogP contribution in [-0.2, 0) is 0 Å². The molecule has 6 heteroatoms. The standard InChI is InChI=1S/C49H29N3OS2/c1-2-12-29-27-30(26-25-28(29)11-1)47-50-48(52-49(51-47)37-19-10-24-42-45(37)34-14-4-6-22-40(34)55-42)36-18-8-20-38-43(36)35-17-7-16-32(46(35)53-38)31-15-9-23-41-44(31)33-13-3-5-21-39(33)54-41/h1-27,33,39H. The lowest BCUT2D eigenvalue weighted by atomic mass is 9.86. The van der Waals surface area contributed by atoms with E-state index in [2.05, 4.69) is 158 Å². The molecule has 1 aliphatic heterocycles. The Morgan fingerprint density at radius 2 is 1.20 bits per heavy atom. The summed E-state index contributed by atoms with van der Waals surface area (Å²) in [6, 6.07) is 49.3. The highest BCUT2D eigenvalue weighted by Gasteiger charge is 2.34. The van der Waals surface area contributed by atoms with Crippen LogP contribution in [0.2, 0.25) is 0 Å². The van der Waals surface area contributed by atoms with E-state index >= 15 is 0 Å². The second-order valence-corrected chi connectivity index (χ2v) is 16.5. The van der Waals surface area contributed by atoms with Gasteiger partial charge in [0.1, 0.15) is 11.2 Å². The van der Waals surface area contributed by atoms with E-state index in [4.69, 9.17) is 19.4 Å². The third-order valence-electron chi connectivity index (χ3n) is 11.1. The summed E-state index contributed by atoms with van der Waals surface area (Å²) in [5.41, 5.74) is 8.23. The van der Waals surface area contributed by atoms with Gasteiger partial charge in [0.2, 0.25) is 0 Å². The maximum absolute atomic E-state index is 6.86. The minimum absolute atomic E-state index is 0.332. The largest absolute Gasteiger partial charge is 0.455 e. The number of rotatable bonds is 4. The van der Waals surface area contributed by atoms with Crippen molar-refractivity contribution in [1.82, 2.24) is 15.0 Å². The van der Waals surface area contributed by atoms with Crippen molar-refractivity contribution in [3.05, 3.63) is 169 Å². The van der Waals surface area contributed by atoms with Gasteiger partial charge in [0.05, 0.1) is 0 Å². The van der Waals surface area contributed by atoms with E-state index in [0.717, 1.165) is 49.6 Å². The highest BCUT2D eigenvalue weighted by Crippen LogP contribution is 2.52. The molecular weight excluding hydrogens is 711 g/mol. The minimum Gasteiger partial charge on any atom is -0.455 e. The monoisotopic (exact) mass is 739 g/mol. The maximum atomic E-state index is 6.86. The van der Waals surface area contributed by atoms with Crippen LogP contribution < -0.4 is 0 Å². The van der Waals surface area contributed by atoms with Crippen molar-refractivity contribution in [3.8, 4) is 45.3 Å². The lowest BCUT2D eigenvalue weighted by Crippen LogP contribution is -2.07. The molecule has 0 saturated heterocycles. The first kappa shape index (κ1) is 31.1. The van der Waals surface area contributed by atoms with Gasteiger partial charge in [-0.3, -0.25) is 0 Å². The van der Waals surface area contributed by atoms with Crippen molar-refractivity contribution in [1.29, 1.82) is 0 Å². The van der Waals surface area contributed by atoms with Gasteiger partial charge in [-0.25, -0.2) is 15.0 Å². The van der Waals surface area contributed by atoms with E-state index < -0.39 is 0 Å². The molecular formula is C49H29N3OS2. The summed E-state index contributed by atoms with van der Waals surface area (Å²) < 4.78 is 9.31. The molecule has 0 fully saturated rings. The second-order valence-electron chi connectivity index (χ2n) is 14.2. The summed E-state index contributed by atoms with van der Waals surface area (Å²) in [5.74, 6) is 2.23. The van der Waals surface area contributed by atoms with Crippen LogP contribution in [0, 0.1) is 0 Å². The average Bonchev–Trinajstić information content (AvgIpc) is 3.95. The van der Waals surface area contributed by atoms with Gasteiger partial charge in [-0.1, -0.05) is 133 Å². The van der Waals surface area contributed by atoms with Gasteiger partial charge in [-0.05, 0) is 52.2 Å². The number of thiophene rings is 1. The van der Waals surface area contributed by atoms with E-state index in [0.29, 0.717) is 28.6 Å². The van der Waals surface area contributed by atoms with Crippen LogP contribution in [-0.4, -0.2) is 20.2 Å². The van der Waals surface area contributed by atoms with Crippen LogP contribution in [0.4, 0.5) is 0 Å². The highest BCUT2D eigenvalue weighted by molar-refractivity contribution is 8.00. The van der Waals surface area contributed by atoms with Crippen LogP contribution in [0.3, 0.4) is 0 Å². The molecule has 1 aliphatic carbocycles. The molecule has 2 aliphatic rings. The summed E-state index contributed by atoms with van der Waals surface area (Å²) in [7, 11) is 0. The van der Waals surface area contributed by atoms with Gasteiger partial charge in [-0.2, -0.15) is 0 Å². The van der Waals surface area contributed by atoms with E-state index in [1.54, 1.807) is 11.3 Å². The van der Waals surface area contributed by atoms with Crippen molar-refractivity contribution in [2.75, 3.05) is 0 Å². The number of benzene rings is 7. The number of hydrogen-bond donors (Lipinski definition) is 0. The topological polar surface area (TPSA) is 51.8 Å². The number of thioether (sulfide) groups is 1. The van der Waals surface area contributed by atoms with E-state index in [9.17, 15) is 0 Å². The van der Waals surface area contributed by atoms with Gasteiger partial charge in [-0.15, -0.1) is 23.1 Å². The van der Waals surface area contributed by atoms with E-state index in [1.165, 1.54) is 41.6 Å². The number of aromatic nitrogens is 3. The predicted octanol–water partition coefficient (Wildman–Crippen LogP) is 13.6. The maximum Gasteiger partial charge on any atom is 0.164 e. The molecule has 4 heterocycles. The number of nitrogens with zero attached hydrogens (tertiary/aromatic N) is 3. The Hall–Kier alpha value is -6.34. The Kier molecular flexibility index (Phi) is 6.82. The molecule has 7 aromatic carbocycles. The molecule has 2 atom stereocenters. The Bertz CT molecular complexity index is 3280. The molecule has 55 heavy (non-hydrogen) atoms. The average molecular weight is 740 g/mol. The van der Waals surface area contributed by atoms with Crippen molar-refractivity contribution >= 4 is 76.0 Å². The zero-order valence-electron chi connectivity index (χ0n) is 29.3. The molecule has 0 N–H and O–H groups in total. The fourth-order valence-corrected chi connectivity index (χ4v) is 11.1. The quantitative estimate of drug-likeness (QED) is 0.180. The SMILES string of the molecule is C1=CC2Sc3cccc(-c4cccc5c4oc4cccc(-c6nc(-c7ccc8ccccc8c7)nc(-c7cccc8sc9ccccc9c78)n6)c45)c3C2C=C1. The molecule has 0 saturated carbocycles. The van der Waals surface area contributed by atoms with Crippen LogP contribution in [0.1, 0.15) is 11.5 Å². The number of fused-ring (bicyclic) bond motifs is 10. The van der Waals surface area contributed by atoms with Crippen molar-refractivity contribution in [3.63, 3.8) is 0 Å². The van der Waals surface area contributed by atoms with Crippen molar-refractivity contribution in [2.24, 2.45) is 0 Å². The Balaban J connectivity index is 1.10. The molecule has 2 unspecified atom stereocenters. The van der Waals surface area contributed by atoms with Crippen LogP contribution >= 0.6 is 23.1 Å². The number of allylic oxidation sites excluding steroid dienone is 3. The molecule has 12 rings (SSSR count). The normalized spacial score (nSPS) is 16.1. The third kappa shape index (κ3) is 4.81. The Labute approximate surface area is 324 Å². The second kappa shape index (κ2) is 12.1. The Morgan fingerprint density at radius 1 is 0.509 bits per heavy atom. The first-order valence-electron chi connectivity index (χ1n) is 18.5. The summed E-state index contributed by atoms with van der Waals surface area (Å²) in [6.07, 6.45) is 9.01. The molecule has 0 radical (unpaired) electrons. The summed E-state index contributed by atoms with van der Waals surface area (Å²) in [5, 5.41) is 7.15. The van der Waals surface area contributed by atoms with Crippen molar-refractivity contribution < 1.29 is 4.42 Å². The van der Waals surface area contributed by atoms with Crippen LogP contribution in [0.15, 0.2) is 173 Å². The molecule has 0 spiro atoms. The highest BCUT2D eigenvalue weighted by atomic mass is 32.2. The molecule has 10 aromatic rings. The fraction of sp³-hybridized carbons (Fsp3) is 0.0408. The lowest BCUT2D eigenvalue weighted by Gasteiger charge is -2.17. The molecule has 4 nitrogen and oxygen atoms in total. The number of para-hydroxylation sites is 1. The summed E-state index contributed by atoms with van der Waals surface area (Å²) >= 11 is 3.75. The summed E-state index contributed by atoms with van der Waals surface area (Å²) in [4.78, 5) is 17.2. The third-order valence-corrected chi connectivity index (χ3v) is 13.6. The fourth-order valence-electron chi connectivity index (χ4n) is 8.61. The van der Waals surface area contributed by atoms with Crippen LogP contribution in [0.25, 0.3) is 98.2 Å². The zero-order valence-corrected chi connectivity index (χ0v) is 30.9. The smallest absolute Gasteiger partial charge is 0.164 e. The Morgan fingerprint density at radius 3 is 2.13 bits per heavy atom. The lowest BCUT2D eigenvalue weighted by molar-refractivity contribution is 0.670. The zero-order chi connectivity index (χ0) is 36.0. The van der Waals surface area contributed by atoms with Gasteiger partial charge in [0.15, 0.2) is 17.5 Å². The first-order valence-corrected chi connectivity index (χ1v) is 20.2. The predicted molar refractivity (Wildman–Crippen MR) is 230 cm³/mol. The molecule has 0 amide bonds. The molecule has 3 aromatic heterocycles. The number of hydrogen-bond acceptors (Lipinski definition) is 6. The number of furan rings is 1. The van der Waals surface area contributed by atoms with Gasteiger partial charge in [0.25, 0.3) is 0 Å². The van der Waals surface area contributed by atoms with Crippen LogP contribution in [0.5, 0.6) is 0 Å². The van der Waals surface area contributed by atoms with E-state index in [1.807, 2.05) is 17.8 Å². The molecule has 0 bridgehead atoms. The first-order chi connectivity index (χ1) is 27.2. The van der Waals surface area contributed by atoms with Gasteiger partial charge >= 0.3 is 0 Å². The summed E-state index contributed by atoms with van der Waals surface area (Å²) in [6.45, 7) is 0. The van der Waals surface area contributed by atoms with Gasteiger partial charge < -0.3 is 4.42 Å². The van der Waals surface area contributed by atoms with Gasteiger partial charge in [0, 0.05) is 69.3 Å². The minimum atomic E-state index is 0.332. The van der Waals surface area contributed by atoms with E-state index in [-0.39, 0.29) is 0 Å².